The first-order valence-electron chi connectivity index (χ1n) is 6.96. The zero-order valence-electron chi connectivity index (χ0n) is 13.7. The van der Waals surface area contributed by atoms with E-state index in [0.717, 1.165) is 0 Å². The molecular formula is C15H28O5. The Kier molecular flexibility index (Phi) is 7.20. The summed E-state index contributed by atoms with van der Waals surface area (Å²) in [5, 5.41) is 0. The molecule has 0 aliphatic heterocycles. The zero-order chi connectivity index (χ0) is 16.0. The highest BCUT2D eigenvalue weighted by molar-refractivity contribution is 5.81. The third kappa shape index (κ3) is 6.89. The minimum Gasteiger partial charge on any atom is -0.466 e. The van der Waals surface area contributed by atoms with Crippen LogP contribution in [0.25, 0.3) is 0 Å². The molecule has 0 aromatic heterocycles. The number of hydrogen-bond donors (Lipinski definition) is 0. The molecule has 1 atom stereocenters. The van der Waals surface area contributed by atoms with E-state index in [2.05, 4.69) is 4.74 Å². The lowest BCUT2D eigenvalue weighted by Crippen LogP contribution is -2.36. The van der Waals surface area contributed by atoms with E-state index < -0.39 is 23.5 Å². The Labute approximate surface area is 122 Å². The molecule has 0 saturated heterocycles. The molecular weight excluding hydrogens is 260 g/mol. The predicted octanol–water partition coefficient (Wildman–Crippen LogP) is 2.71. The molecule has 0 heterocycles. The highest BCUT2D eigenvalue weighted by Crippen LogP contribution is 2.23. The van der Waals surface area contributed by atoms with Crippen molar-refractivity contribution in [1.29, 1.82) is 0 Å². The van der Waals surface area contributed by atoms with E-state index >= 15 is 0 Å². The number of rotatable bonds is 7. The molecule has 118 valence electrons. The zero-order valence-corrected chi connectivity index (χ0v) is 13.7. The van der Waals surface area contributed by atoms with Crippen molar-refractivity contribution in [3.05, 3.63) is 0 Å². The van der Waals surface area contributed by atoms with Gasteiger partial charge >= 0.3 is 11.9 Å². The Balaban J connectivity index is 4.59. The molecule has 5 heteroatoms. The Morgan fingerprint density at radius 1 is 1.10 bits per heavy atom. The smallest absolute Gasteiger partial charge is 0.347 e. The van der Waals surface area contributed by atoms with Gasteiger partial charge in [-0.1, -0.05) is 6.92 Å². The van der Waals surface area contributed by atoms with Gasteiger partial charge in [0, 0.05) is 6.42 Å². The second-order valence-corrected chi connectivity index (χ2v) is 6.40. The standard InChI is InChI=1S/C15H28O5/c1-8-15(5,6)13(17)20-11(12(16)18-7)9-10-19-14(2,3)4/h11H,8-10H2,1-7H3. The molecule has 0 aliphatic carbocycles. The lowest BCUT2D eigenvalue weighted by molar-refractivity contribution is -0.174. The van der Waals surface area contributed by atoms with Crippen LogP contribution in [0.4, 0.5) is 0 Å². The van der Waals surface area contributed by atoms with Crippen LogP contribution in [0.1, 0.15) is 54.4 Å². The summed E-state index contributed by atoms with van der Waals surface area (Å²) < 4.78 is 15.5. The van der Waals surface area contributed by atoms with E-state index in [1.807, 2.05) is 27.7 Å². The second-order valence-electron chi connectivity index (χ2n) is 6.40. The van der Waals surface area contributed by atoms with Crippen LogP contribution in [0.5, 0.6) is 0 Å². The van der Waals surface area contributed by atoms with Gasteiger partial charge in [-0.05, 0) is 41.0 Å². The van der Waals surface area contributed by atoms with Gasteiger partial charge in [-0.25, -0.2) is 4.79 Å². The maximum Gasteiger partial charge on any atom is 0.347 e. The molecule has 5 nitrogen and oxygen atoms in total. The van der Waals surface area contributed by atoms with Crippen molar-refractivity contribution >= 4 is 11.9 Å². The van der Waals surface area contributed by atoms with Crippen molar-refractivity contribution in [2.45, 2.75) is 66.1 Å². The van der Waals surface area contributed by atoms with E-state index in [1.54, 1.807) is 13.8 Å². The van der Waals surface area contributed by atoms with Crippen LogP contribution in [0.3, 0.4) is 0 Å². The van der Waals surface area contributed by atoms with E-state index in [4.69, 9.17) is 9.47 Å². The van der Waals surface area contributed by atoms with E-state index in [-0.39, 0.29) is 12.0 Å². The van der Waals surface area contributed by atoms with Crippen molar-refractivity contribution in [2.24, 2.45) is 5.41 Å². The number of carbonyl (C=O) groups excluding carboxylic acids is 2. The van der Waals surface area contributed by atoms with Crippen molar-refractivity contribution in [2.75, 3.05) is 13.7 Å². The van der Waals surface area contributed by atoms with Crippen LogP contribution >= 0.6 is 0 Å². The highest BCUT2D eigenvalue weighted by Gasteiger charge is 2.32. The lowest BCUT2D eigenvalue weighted by atomic mass is 9.90. The monoisotopic (exact) mass is 288 g/mol. The van der Waals surface area contributed by atoms with Crippen molar-refractivity contribution in [1.82, 2.24) is 0 Å². The van der Waals surface area contributed by atoms with Gasteiger partial charge in [0.2, 0.25) is 6.10 Å². The van der Waals surface area contributed by atoms with Gasteiger partial charge in [0.1, 0.15) is 0 Å². The normalized spacial score (nSPS) is 13.8. The molecule has 0 amide bonds. The van der Waals surface area contributed by atoms with Crippen LogP contribution in [0.2, 0.25) is 0 Å². The molecule has 0 saturated carbocycles. The first kappa shape index (κ1) is 18.9. The predicted molar refractivity (Wildman–Crippen MR) is 76.3 cm³/mol. The van der Waals surface area contributed by atoms with Gasteiger partial charge in [0.25, 0.3) is 0 Å². The fraction of sp³-hybridized carbons (Fsp3) is 0.867. The van der Waals surface area contributed by atoms with E-state index in [1.165, 1.54) is 7.11 Å². The van der Waals surface area contributed by atoms with Crippen LogP contribution in [0, 0.1) is 5.41 Å². The van der Waals surface area contributed by atoms with Crippen LogP contribution in [-0.2, 0) is 23.8 Å². The summed E-state index contributed by atoms with van der Waals surface area (Å²) in [5.41, 5.74) is -0.912. The molecule has 0 spiro atoms. The maximum absolute atomic E-state index is 12.0. The number of ether oxygens (including phenoxy) is 3. The van der Waals surface area contributed by atoms with Gasteiger partial charge in [-0.15, -0.1) is 0 Å². The summed E-state index contributed by atoms with van der Waals surface area (Å²) in [5.74, 6) is -0.950. The molecule has 0 aliphatic rings. The van der Waals surface area contributed by atoms with Gasteiger partial charge in [-0.2, -0.15) is 0 Å². The topological polar surface area (TPSA) is 61.8 Å². The highest BCUT2D eigenvalue weighted by atomic mass is 16.6. The van der Waals surface area contributed by atoms with Crippen molar-refractivity contribution in [3.8, 4) is 0 Å². The van der Waals surface area contributed by atoms with Crippen LogP contribution < -0.4 is 0 Å². The first-order valence-corrected chi connectivity index (χ1v) is 6.96. The van der Waals surface area contributed by atoms with Crippen molar-refractivity contribution < 1.29 is 23.8 Å². The molecule has 20 heavy (non-hydrogen) atoms. The SMILES string of the molecule is CCC(C)(C)C(=O)OC(CCOC(C)(C)C)C(=O)OC. The van der Waals surface area contributed by atoms with Gasteiger partial charge in [-0.3, -0.25) is 4.79 Å². The summed E-state index contributed by atoms with van der Waals surface area (Å²) in [6, 6.07) is 0. The number of esters is 2. The maximum atomic E-state index is 12.0. The first-order chi connectivity index (χ1) is 9.03. The molecule has 0 rings (SSSR count). The third-order valence-electron chi connectivity index (χ3n) is 3.06. The molecule has 1 unspecified atom stereocenters. The fourth-order valence-corrected chi connectivity index (χ4v) is 1.26. The van der Waals surface area contributed by atoms with Gasteiger partial charge in [0.15, 0.2) is 0 Å². The summed E-state index contributed by atoms with van der Waals surface area (Å²) >= 11 is 0. The number of methoxy groups -OCH3 is 1. The van der Waals surface area contributed by atoms with Gasteiger partial charge < -0.3 is 14.2 Å². The van der Waals surface area contributed by atoms with Crippen molar-refractivity contribution in [3.63, 3.8) is 0 Å². The summed E-state index contributed by atoms with van der Waals surface area (Å²) in [6.45, 7) is 11.6. The number of carbonyl (C=O) groups is 2. The Morgan fingerprint density at radius 2 is 1.65 bits per heavy atom. The Morgan fingerprint density at radius 3 is 2.05 bits per heavy atom. The average Bonchev–Trinajstić information content (AvgIpc) is 2.34. The van der Waals surface area contributed by atoms with Gasteiger partial charge in [0.05, 0.1) is 24.7 Å². The minimum atomic E-state index is -0.916. The Bertz CT molecular complexity index is 328. The van der Waals surface area contributed by atoms with E-state index in [9.17, 15) is 9.59 Å². The fourth-order valence-electron chi connectivity index (χ4n) is 1.26. The van der Waals surface area contributed by atoms with Crippen LogP contribution in [-0.4, -0.2) is 37.4 Å². The minimum absolute atomic E-state index is 0.287. The molecule has 0 radical (unpaired) electrons. The second kappa shape index (κ2) is 7.62. The molecule has 0 fully saturated rings. The van der Waals surface area contributed by atoms with Crippen LogP contribution in [0.15, 0.2) is 0 Å². The molecule has 0 bridgehead atoms. The third-order valence-corrected chi connectivity index (χ3v) is 3.06. The molecule has 0 N–H and O–H groups in total. The summed E-state index contributed by atoms with van der Waals surface area (Å²) in [4.78, 5) is 23.7. The largest absolute Gasteiger partial charge is 0.466 e. The molecule has 0 aromatic carbocycles. The Hall–Kier alpha value is -1.10. The summed E-state index contributed by atoms with van der Waals surface area (Å²) in [7, 11) is 1.28. The van der Waals surface area contributed by atoms with E-state index in [0.29, 0.717) is 13.0 Å². The summed E-state index contributed by atoms with van der Waals surface area (Å²) in [6.07, 6.45) is 0.00826. The molecule has 0 aromatic rings. The lowest BCUT2D eigenvalue weighted by Gasteiger charge is -2.25. The number of hydrogen-bond acceptors (Lipinski definition) is 5. The average molecular weight is 288 g/mol. The quantitative estimate of drug-likeness (QED) is 0.674.